The Morgan fingerprint density at radius 1 is 1.37 bits per heavy atom. The highest BCUT2D eigenvalue weighted by Crippen LogP contribution is 2.50. The fourth-order valence-corrected chi connectivity index (χ4v) is 3.98. The summed E-state index contributed by atoms with van der Waals surface area (Å²) in [5.41, 5.74) is 1.78. The predicted octanol–water partition coefficient (Wildman–Crippen LogP) is 1.17. The molecule has 1 aromatic rings. The lowest BCUT2D eigenvalue weighted by molar-refractivity contribution is -0.143. The van der Waals surface area contributed by atoms with Crippen LogP contribution in [-0.2, 0) is 30.7 Å². The van der Waals surface area contributed by atoms with Crippen LogP contribution < -0.4 is 4.31 Å². The molecule has 0 N–H and O–H groups in total. The van der Waals surface area contributed by atoms with Crippen LogP contribution in [0.1, 0.15) is 24.0 Å². The van der Waals surface area contributed by atoms with Crippen LogP contribution >= 0.6 is 0 Å². The number of esters is 1. The summed E-state index contributed by atoms with van der Waals surface area (Å²) < 4.78 is 29.8. The third-order valence-electron chi connectivity index (χ3n) is 4.05. The normalized spacial score (nSPS) is 21.9. The first-order valence-electron chi connectivity index (χ1n) is 6.09. The average molecular weight is 281 g/mol. The van der Waals surface area contributed by atoms with E-state index in [1.165, 1.54) is 11.4 Å². The van der Waals surface area contributed by atoms with Gasteiger partial charge in [-0.05, 0) is 30.0 Å². The zero-order valence-electron chi connectivity index (χ0n) is 10.8. The summed E-state index contributed by atoms with van der Waals surface area (Å²) in [5.74, 6) is -0.231. The molecule has 0 atom stereocenters. The number of rotatable bonds is 2. The van der Waals surface area contributed by atoms with E-state index in [1.807, 2.05) is 12.1 Å². The smallest absolute Gasteiger partial charge is 0.316 e. The van der Waals surface area contributed by atoms with Crippen molar-refractivity contribution in [1.82, 2.24) is 0 Å². The molecule has 0 spiro atoms. The first-order valence-corrected chi connectivity index (χ1v) is 7.70. The van der Waals surface area contributed by atoms with Crippen LogP contribution in [0.4, 0.5) is 5.69 Å². The van der Waals surface area contributed by atoms with Crippen molar-refractivity contribution in [2.75, 3.05) is 18.5 Å². The topological polar surface area (TPSA) is 63.7 Å². The summed E-state index contributed by atoms with van der Waals surface area (Å²) in [6, 6.07) is 5.44. The molecular weight excluding hydrogens is 266 g/mol. The largest absolute Gasteiger partial charge is 0.468 e. The number of anilines is 1. The fourth-order valence-electron chi connectivity index (χ4n) is 2.68. The molecule has 0 amide bonds. The number of methoxy groups -OCH3 is 1. The van der Waals surface area contributed by atoms with E-state index in [4.69, 9.17) is 4.74 Å². The van der Waals surface area contributed by atoms with Gasteiger partial charge in [-0.25, -0.2) is 8.42 Å². The highest BCUT2D eigenvalue weighted by molar-refractivity contribution is 7.92. The number of nitrogens with zero attached hydrogens (tertiary/aromatic N) is 1. The SMILES string of the molecule is COC(=O)C1(c2ccc3c(c2)CS(=O)(=O)N3C)CC1. The highest BCUT2D eigenvalue weighted by atomic mass is 32.2. The summed E-state index contributed by atoms with van der Waals surface area (Å²) in [7, 11) is -0.302. The van der Waals surface area contributed by atoms with Gasteiger partial charge in [0.15, 0.2) is 0 Å². The lowest BCUT2D eigenvalue weighted by Gasteiger charge is -2.15. The second kappa shape index (κ2) is 3.72. The Hall–Kier alpha value is -1.56. The van der Waals surface area contributed by atoms with Gasteiger partial charge in [-0.2, -0.15) is 0 Å². The summed E-state index contributed by atoms with van der Waals surface area (Å²) in [5, 5.41) is 0. The second-order valence-electron chi connectivity index (χ2n) is 5.14. The summed E-state index contributed by atoms with van der Waals surface area (Å²) in [4.78, 5) is 11.8. The van der Waals surface area contributed by atoms with E-state index in [9.17, 15) is 13.2 Å². The standard InChI is InChI=1S/C13H15NO4S/c1-14-11-4-3-10(7-9(11)8-19(14,16)17)13(5-6-13)12(15)18-2/h3-4,7H,5-6,8H2,1-2H3. The molecule has 19 heavy (non-hydrogen) atoms. The molecule has 1 aliphatic heterocycles. The Morgan fingerprint density at radius 2 is 2.05 bits per heavy atom. The van der Waals surface area contributed by atoms with Crippen molar-refractivity contribution in [3.8, 4) is 0 Å². The van der Waals surface area contributed by atoms with E-state index in [-0.39, 0.29) is 11.7 Å². The fraction of sp³-hybridized carbons (Fsp3) is 0.462. The number of ether oxygens (including phenoxy) is 1. The molecule has 0 unspecified atom stereocenters. The zero-order valence-corrected chi connectivity index (χ0v) is 11.7. The van der Waals surface area contributed by atoms with Crippen molar-refractivity contribution in [2.24, 2.45) is 0 Å². The Labute approximate surface area is 112 Å². The average Bonchev–Trinajstić information content (AvgIpc) is 3.14. The van der Waals surface area contributed by atoms with Gasteiger partial charge in [0.05, 0.1) is 24.0 Å². The summed E-state index contributed by atoms with van der Waals surface area (Å²) >= 11 is 0. The van der Waals surface area contributed by atoms with Crippen LogP contribution in [-0.4, -0.2) is 28.5 Å². The quantitative estimate of drug-likeness (QED) is 0.763. The summed E-state index contributed by atoms with van der Waals surface area (Å²) in [6.45, 7) is 0. The number of hydrogen-bond acceptors (Lipinski definition) is 4. The number of fused-ring (bicyclic) bond motifs is 1. The van der Waals surface area contributed by atoms with Crippen molar-refractivity contribution in [3.63, 3.8) is 0 Å². The maximum Gasteiger partial charge on any atom is 0.316 e. The van der Waals surface area contributed by atoms with Crippen molar-refractivity contribution in [2.45, 2.75) is 24.0 Å². The first kappa shape index (κ1) is 12.5. The number of carbonyl (C=O) groups is 1. The third-order valence-corrected chi connectivity index (χ3v) is 5.76. The Balaban J connectivity index is 2.04. The minimum Gasteiger partial charge on any atom is -0.468 e. The molecule has 1 fully saturated rings. The molecule has 6 heteroatoms. The van der Waals surface area contributed by atoms with Gasteiger partial charge in [-0.3, -0.25) is 9.10 Å². The molecule has 0 radical (unpaired) electrons. The maximum atomic E-state index is 11.8. The molecular formula is C13H15NO4S. The number of hydrogen-bond donors (Lipinski definition) is 0. The van der Waals surface area contributed by atoms with Crippen LogP contribution in [0, 0.1) is 0 Å². The van der Waals surface area contributed by atoms with Crippen LogP contribution in [0.3, 0.4) is 0 Å². The van der Waals surface area contributed by atoms with Crippen LogP contribution in [0.25, 0.3) is 0 Å². The number of sulfonamides is 1. The van der Waals surface area contributed by atoms with Gasteiger partial charge in [-0.1, -0.05) is 12.1 Å². The minimum atomic E-state index is -3.23. The van der Waals surface area contributed by atoms with Crippen LogP contribution in [0.2, 0.25) is 0 Å². The van der Waals surface area contributed by atoms with E-state index < -0.39 is 15.4 Å². The minimum absolute atomic E-state index is 0.00389. The van der Waals surface area contributed by atoms with Crippen molar-refractivity contribution >= 4 is 21.7 Å². The van der Waals surface area contributed by atoms with Crippen molar-refractivity contribution < 1.29 is 17.9 Å². The number of benzene rings is 1. The van der Waals surface area contributed by atoms with E-state index in [0.717, 1.165) is 24.0 Å². The van der Waals surface area contributed by atoms with Crippen molar-refractivity contribution in [3.05, 3.63) is 29.3 Å². The Bertz CT molecular complexity index is 661. The molecule has 1 saturated carbocycles. The molecule has 1 aliphatic carbocycles. The van der Waals surface area contributed by atoms with E-state index >= 15 is 0 Å². The van der Waals surface area contributed by atoms with Gasteiger partial charge in [0.1, 0.15) is 0 Å². The molecule has 0 aromatic heterocycles. The maximum absolute atomic E-state index is 11.8. The van der Waals surface area contributed by atoms with Gasteiger partial charge in [0, 0.05) is 7.05 Å². The van der Waals surface area contributed by atoms with Gasteiger partial charge >= 0.3 is 5.97 Å². The third kappa shape index (κ3) is 1.66. The van der Waals surface area contributed by atoms with Gasteiger partial charge in [-0.15, -0.1) is 0 Å². The second-order valence-corrected chi connectivity index (χ2v) is 7.14. The van der Waals surface area contributed by atoms with Crippen molar-refractivity contribution in [1.29, 1.82) is 0 Å². The van der Waals surface area contributed by atoms with E-state index in [1.54, 1.807) is 13.1 Å². The van der Waals surface area contributed by atoms with Gasteiger partial charge in [0.2, 0.25) is 10.0 Å². The number of carbonyl (C=O) groups excluding carboxylic acids is 1. The molecule has 1 aromatic carbocycles. The first-order chi connectivity index (χ1) is 8.90. The Kier molecular flexibility index (Phi) is 2.44. The van der Waals surface area contributed by atoms with Gasteiger partial charge < -0.3 is 4.74 Å². The van der Waals surface area contributed by atoms with E-state index in [0.29, 0.717) is 5.69 Å². The van der Waals surface area contributed by atoms with E-state index in [2.05, 4.69) is 0 Å². The molecule has 1 heterocycles. The Morgan fingerprint density at radius 3 is 2.63 bits per heavy atom. The monoisotopic (exact) mass is 281 g/mol. The molecule has 3 rings (SSSR count). The molecule has 0 bridgehead atoms. The molecule has 5 nitrogen and oxygen atoms in total. The highest BCUT2D eigenvalue weighted by Gasteiger charge is 2.53. The molecule has 102 valence electrons. The van der Waals surface area contributed by atoms with Gasteiger partial charge in [0.25, 0.3) is 0 Å². The molecule has 0 saturated heterocycles. The lowest BCUT2D eigenvalue weighted by atomic mass is 9.94. The van der Waals surface area contributed by atoms with Crippen LogP contribution in [0.15, 0.2) is 18.2 Å². The zero-order chi connectivity index (χ0) is 13.8. The molecule has 2 aliphatic rings. The predicted molar refractivity (Wildman–Crippen MR) is 70.4 cm³/mol. The summed E-state index contributed by atoms with van der Waals surface area (Å²) in [6.07, 6.45) is 1.53. The lowest BCUT2D eigenvalue weighted by Crippen LogP contribution is -2.22. The van der Waals surface area contributed by atoms with Crippen LogP contribution in [0.5, 0.6) is 0 Å².